The van der Waals surface area contributed by atoms with Gasteiger partial charge in [0.15, 0.2) is 5.13 Å². The lowest BCUT2D eigenvalue weighted by Gasteiger charge is -2.29. The molecule has 2 aliphatic rings. The first kappa shape index (κ1) is 17.5. The molecule has 2 fully saturated rings. The van der Waals surface area contributed by atoms with Gasteiger partial charge in [0.2, 0.25) is 11.8 Å². The summed E-state index contributed by atoms with van der Waals surface area (Å²) in [7, 11) is 0. The number of halogens is 1. The number of hydrogen-bond acceptors (Lipinski definition) is 5. The van der Waals surface area contributed by atoms with Crippen molar-refractivity contribution in [3.63, 3.8) is 0 Å². The minimum atomic E-state index is -0.460. The van der Waals surface area contributed by atoms with Crippen LogP contribution < -0.4 is 5.32 Å². The number of anilines is 1. The summed E-state index contributed by atoms with van der Waals surface area (Å²) in [5, 5.41) is 3.36. The van der Waals surface area contributed by atoms with E-state index in [4.69, 9.17) is 0 Å². The predicted molar refractivity (Wildman–Crippen MR) is 102 cm³/mol. The number of carbonyl (C=O) groups excluding carboxylic acids is 2. The number of hydrogen-bond donors (Lipinski definition) is 1. The van der Waals surface area contributed by atoms with E-state index in [9.17, 15) is 14.0 Å². The first-order valence-corrected chi connectivity index (χ1v) is 10.2. The van der Waals surface area contributed by atoms with Gasteiger partial charge in [0.05, 0.1) is 10.6 Å². The number of rotatable bonds is 3. The van der Waals surface area contributed by atoms with Gasteiger partial charge in [0.25, 0.3) is 0 Å². The molecule has 5 nitrogen and oxygen atoms in total. The van der Waals surface area contributed by atoms with E-state index < -0.39 is 6.04 Å². The third kappa shape index (κ3) is 2.91. The highest BCUT2D eigenvalue weighted by atomic mass is 32.2. The van der Waals surface area contributed by atoms with Gasteiger partial charge in [-0.2, -0.15) is 0 Å². The molecule has 2 saturated heterocycles. The van der Waals surface area contributed by atoms with Crippen LogP contribution in [0.1, 0.15) is 24.6 Å². The van der Waals surface area contributed by atoms with Gasteiger partial charge in [0.1, 0.15) is 11.9 Å². The topological polar surface area (TPSA) is 62.3 Å². The highest BCUT2D eigenvalue weighted by Crippen LogP contribution is 2.47. The minimum absolute atomic E-state index is 0.0416. The maximum Gasteiger partial charge on any atom is 0.249 e. The quantitative estimate of drug-likeness (QED) is 0.868. The van der Waals surface area contributed by atoms with E-state index in [0.717, 1.165) is 22.6 Å². The van der Waals surface area contributed by atoms with E-state index in [1.165, 1.54) is 23.5 Å². The van der Waals surface area contributed by atoms with Gasteiger partial charge >= 0.3 is 0 Å². The van der Waals surface area contributed by atoms with E-state index >= 15 is 0 Å². The SMILES string of the molecule is Cc1sc(NC(=O)[C@@H]2CS[C@@]3(C)CCC(=O)N23)nc1-c1ccc(F)cc1. The molecule has 136 valence electrons. The summed E-state index contributed by atoms with van der Waals surface area (Å²) in [4.78, 5) is 31.8. The maximum atomic E-state index is 13.1. The zero-order valence-corrected chi connectivity index (χ0v) is 16.0. The van der Waals surface area contributed by atoms with Crippen LogP contribution in [0.3, 0.4) is 0 Å². The van der Waals surface area contributed by atoms with Gasteiger partial charge in [-0.3, -0.25) is 9.59 Å². The van der Waals surface area contributed by atoms with Crippen molar-refractivity contribution in [1.29, 1.82) is 0 Å². The standard InChI is InChI=1S/C18H18FN3O2S2/c1-10-15(11-3-5-12(19)6-4-11)20-17(26-10)21-16(24)13-9-25-18(2)8-7-14(23)22(13)18/h3-6,13H,7-9H2,1-2H3,(H,20,21,24)/t13-,18-/m0/s1. The highest BCUT2D eigenvalue weighted by Gasteiger charge is 2.52. The number of aromatic nitrogens is 1. The fourth-order valence-electron chi connectivity index (χ4n) is 3.53. The first-order valence-electron chi connectivity index (χ1n) is 8.38. The van der Waals surface area contributed by atoms with Crippen LogP contribution in [0.25, 0.3) is 11.3 Å². The Kier molecular flexibility index (Phi) is 4.27. The Labute approximate surface area is 159 Å². The molecule has 0 aliphatic carbocycles. The van der Waals surface area contributed by atoms with Gasteiger partial charge in [-0.15, -0.1) is 23.1 Å². The fourth-order valence-corrected chi connectivity index (χ4v) is 5.80. The van der Waals surface area contributed by atoms with Crippen LogP contribution in [0, 0.1) is 12.7 Å². The second kappa shape index (κ2) is 6.35. The molecule has 0 radical (unpaired) electrons. The fraction of sp³-hybridized carbons (Fsp3) is 0.389. The first-order chi connectivity index (χ1) is 12.4. The molecule has 2 amide bonds. The third-order valence-corrected chi connectivity index (χ3v) is 7.28. The summed E-state index contributed by atoms with van der Waals surface area (Å²) in [5.74, 6) is 0.145. The summed E-state index contributed by atoms with van der Waals surface area (Å²) in [5.41, 5.74) is 1.53. The zero-order valence-electron chi connectivity index (χ0n) is 14.4. The van der Waals surface area contributed by atoms with Crippen LogP contribution in [0.4, 0.5) is 9.52 Å². The van der Waals surface area contributed by atoms with E-state index in [1.807, 2.05) is 13.8 Å². The van der Waals surface area contributed by atoms with Crippen LogP contribution in [0.15, 0.2) is 24.3 Å². The number of nitrogens with one attached hydrogen (secondary N) is 1. The molecular weight excluding hydrogens is 373 g/mol. The lowest BCUT2D eigenvalue weighted by atomic mass is 10.1. The molecule has 2 atom stereocenters. The molecule has 26 heavy (non-hydrogen) atoms. The van der Waals surface area contributed by atoms with Crippen LogP contribution in [-0.4, -0.2) is 38.4 Å². The molecule has 4 rings (SSSR count). The number of amides is 2. The molecular formula is C18H18FN3O2S2. The normalized spacial score (nSPS) is 24.8. The summed E-state index contributed by atoms with van der Waals surface area (Å²) in [6, 6.07) is 5.67. The third-order valence-electron chi connectivity index (χ3n) is 4.89. The number of fused-ring (bicyclic) bond motifs is 1. The largest absolute Gasteiger partial charge is 0.315 e. The number of thiazole rings is 1. The van der Waals surface area contributed by atoms with E-state index in [2.05, 4.69) is 10.3 Å². The summed E-state index contributed by atoms with van der Waals surface area (Å²) >= 11 is 3.04. The van der Waals surface area contributed by atoms with Gasteiger partial charge in [-0.25, -0.2) is 9.37 Å². The second-order valence-corrected chi connectivity index (χ2v) is 9.39. The molecule has 2 aliphatic heterocycles. The average Bonchev–Trinajstić information content (AvgIpc) is 3.22. The van der Waals surface area contributed by atoms with Crippen molar-refractivity contribution in [2.24, 2.45) is 0 Å². The van der Waals surface area contributed by atoms with Crippen molar-refractivity contribution in [3.8, 4) is 11.3 Å². The molecule has 3 heterocycles. The summed E-state index contributed by atoms with van der Waals surface area (Å²) < 4.78 is 13.1. The molecule has 0 bridgehead atoms. The van der Waals surface area contributed by atoms with Crippen LogP contribution in [0.5, 0.6) is 0 Å². The van der Waals surface area contributed by atoms with Gasteiger partial charge in [-0.1, -0.05) is 0 Å². The van der Waals surface area contributed by atoms with Crippen molar-refractivity contribution in [2.45, 2.75) is 37.6 Å². The van der Waals surface area contributed by atoms with Crippen molar-refractivity contribution in [2.75, 3.05) is 11.1 Å². The summed E-state index contributed by atoms with van der Waals surface area (Å²) in [6.45, 7) is 3.94. The Hall–Kier alpha value is -1.93. The molecule has 1 aromatic carbocycles. The van der Waals surface area contributed by atoms with Crippen molar-refractivity contribution in [3.05, 3.63) is 35.0 Å². The van der Waals surface area contributed by atoms with Crippen LogP contribution in [-0.2, 0) is 9.59 Å². The molecule has 2 aromatic rings. The van der Waals surface area contributed by atoms with Crippen LogP contribution in [0.2, 0.25) is 0 Å². The Balaban J connectivity index is 1.53. The smallest absolute Gasteiger partial charge is 0.249 e. The van der Waals surface area contributed by atoms with E-state index in [1.54, 1.807) is 28.8 Å². The molecule has 0 saturated carbocycles. The Morgan fingerprint density at radius 3 is 2.85 bits per heavy atom. The predicted octanol–water partition coefficient (Wildman–Crippen LogP) is 3.65. The molecule has 0 unspecified atom stereocenters. The second-order valence-electron chi connectivity index (χ2n) is 6.69. The number of nitrogens with zero attached hydrogens (tertiary/aromatic N) is 2. The Morgan fingerprint density at radius 1 is 1.38 bits per heavy atom. The molecule has 1 N–H and O–H groups in total. The number of thioether (sulfide) groups is 1. The van der Waals surface area contributed by atoms with E-state index in [-0.39, 0.29) is 22.5 Å². The zero-order chi connectivity index (χ0) is 18.5. The van der Waals surface area contributed by atoms with Crippen LogP contribution >= 0.6 is 23.1 Å². The summed E-state index contributed by atoms with van der Waals surface area (Å²) in [6.07, 6.45) is 1.28. The highest BCUT2D eigenvalue weighted by molar-refractivity contribution is 8.01. The average molecular weight is 391 g/mol. The van der Waals surface area contributed by atoms with E-state index in [0.29, 0.717) is 17.3 Å². The van der Waals surface area contributed by atoms with Crippen molar-refractivity contribution in [1.82, 2.24) is 9.88 Å². The van der Waals surface area contributed by atoms with Gasteiger partial charge in [-0.05, 0) is 44.5 Å². The monoisotopic (exact) mass is 391 g/mol. The van der Waals surface area contributed by atoms with Gasteiger partial charge in [0, 0.05) is 22.6 Å². The molecule has 0 spiro atoms. The number of aryl methyl sites for hydroxylation is 1. The lowest BCUT2D eigenvalue weighted by molar-refractivity contribution is -0.135. The number of carbonyl (C=O) groups is 2. The van der Waals surface area contributed by atoms with Crippen molar-refractivity contribution < 1.29 is 14.0 Å². The minimum Gasteiger partial charge on any atom is -0.315 e. The van der Waals surface area contributed by atoms with Crippen molar-refractivity contribution >= 4 is 40.0 Å². The number of benzene rings is 1. The molecule has 1 aromatic heterocycles. The Morgan fingerprint density at radius 2 is 2.12 bits per heavy atom. The maximum absolute atomic E-state index is 13.1. The lowest BCUT2D eigenvalue weighted by Crippen LogP contribution is -2.48. The molecule has 8 heteroatoms. The van der Waals surface area contributed by atoms with Gasteiger partial charge < -0.3 is 10.2 Å². The Bertz CT molecular complexity index is 883.